The highest BCUT2D eigenvalue weighted by Gasteiger charge is 2.43. The van der Waals surface area contributed by atoms with Gasteiger partial charge in [0, 0.05) is 18.6 Å². The molecule has 0 aliphatic carbocycles. The minimum absolute atomic E-state index is 0.0174. The summed E-state index contributed by atoms with van der Waals surface area (Å²) in [6, 6.07) is 11.8. The van der Waals surface area contributed by atoms with Crippen molar-refractivity contribution in [3.05, 3.63) is 35.9 Å². The number of rotatable bonds is 4. The summed E-state index contributed by atoms with van der Waals surface area (Å²) in [4.78, 5) is 14.5. The number of ether oxygens (including phenoxy) is 1. The van der Waals surface area contributed by atoms with Gasteiger partial charge in [0.15, 0.2) is 0 Å². The van der Waals surface area contributed by atoms with Crippen molar-refractivity contribution in [2.75, 3.05) is 6.61 Å². The van der Waals surface area contributed by atoms with Crippen molar-refractivity contribution >= 4 is 5.97 Å². The van der Waals surface area contributed by atoms with Gasteiger partial charge in [0.25, 0.3) is 0 Å². The molecule has 3 heteroatoms. The number of piperidine rings is 1. The standard InChI is InChI=1S/C17H23NO2/c1-2-20-17(19)14-10-15-8-9-16(11-14)18(15)12-13-6-4-3-5-7-13/h3-7,14-16H,2,8-12H2,1H3/t14?,15-,16+. The Morgan fingerprint density at radius 2 is 1.85 bits per heavy atom. The Bertz CT molecular complexity index is 445. The molecule has 2 aliphatic rings. The van der Waals surface area contributed by atoms with Crippen molar-refractivity contribution in [3.8, 4) is 0 Å². The Morgan fingerprint density at radius 3 is 2.45 bits per heavy atom. The van der Waals surface area contributed by atoms with Crippen LogP contribution >= 0.6 is 0 Å². The van der Waals surface area contributed by atoms with Gasteiger partial charge in [0.05, 0.1) is 12.5 Å². The maximum atomic E-state index is 11.9. The van der Waals surface area contributed by atoms with Gasteiger partial charge in [0.1, 0.15) is 0 Å². The van der Waals surface area contributed by atoms with Crippen molar-refractivity contribution < 1.29 is 9.53 Å². The molecule has 1 aromatic carbocycles. The van der Waals surface area contributed by atoms with Crippen molar-refractivity contribution in [1.29, 1.82) is 0 Å². The van der Waals surface area contributed by atoms with E-state index in [1.165, 1.54) is 18.4 Å². The Labute approximate surface area is 120 Å². The molecule has 2 aliphatic heterocycles. The van der Waals surface area contributed by atoms with Crippen molar-refractivity contribution in [1.82, 2.24) is 4.90 Å². The number of hydrogen-bond donors (Lipinski definition) is 0. The molecule has 2 fully saturated rings. The molecule has 20 heavy (non-hydrogen) atoms. The maximum absolute atomic E-state index is 11.9. The van der Waals surface area contributed by atoms with Crippen molar-refractivity contribution in [2.45, 2.75) is 51.2 Å². The van der Waals surface area contributed by atoms with Gasteiger partial charge in [-0.25, -0.2) is 0 Å². The first-order valence-electron chi connectivity index (χ1n) is 7.74. The molecule has 3 nitrogen and oxygen atoms in total. The zero-order chi connectivity index (χ0) is 13.9. The van der Waals surface area contributed by atoms with E-state index >= 15 is 0 Å². The second-order valence-corrected chi connectivity index (χ2v) is 5.96. The summed E-state index contributed by atoms with van der Waals surface area (Å²) < 4.78 is 5.20. The van der Waals surface area contributed by atoms with Gasteiger partial charge in [-0.15, -0.1) is 0 Å². The molecule has 0 amide bonds. The normalized spacial score (nSPS) is 29.4. The maximum Gasteiger partial charge on any atom is 0.309 e. The lowest BCUT2D eigenvalue weighted by Crippen LogP contribution is -2.44. The smallest absolute Gasteiger partial charge is 0.309 e. The summed E-state index contributed by atoms with van der Waals surface area (Å²) in [5.41, 5.74) is 1.37. The van der Waals surface area contributed by atoms with E-state index in [-0.39, 0.29) is 11.9 Å². The summed E-state index contributed by atoms with van der Waals surface area (Å²) in [6.45, 7) is 3.40. The lowest BCUT2D eigenvalue weighted by molar-refractivity contribution is -0.150. The van der Waals surface area contributed by atoms with E-state index in [1.807, 2.05) is 6.92 Å². The first-order chi connectivity index (χ1) is 9.78. The van der Waals surface area contributed by atoms with Gasteiger partial charge in [0.2, 0.25) is 0 Å². The highest BCUT2D eigenvalue weighted by Crippen LogP contribution is 2.39. The molecule has 0 radical (unpaired) electrons. The number of nitrogens with zero attached hydrogens (tertiary/aromatic N) is 1. The number of fused-ring (bicyclic) bond motifs is 2. The SMILES string of the molecule is CCOC(=O)C1C[C@H]2CC[C@@H](C1)N2Cc1ccccc1. The van der Waals surface area contributed by atoms with Crippen molar-refractivity contribution in [2.24, 2.45) is 5.92 Å². The van der Waals surface area contributed by atoms with Crippen molar-refractivity contribution in [3.63, 3.8) is 0 Å². The molecule has 3 rings (SSSR count). The Balaban J connectivity index is 1.65. The average molecular weight is 273 g/mol. The fraction of sp³-hybridized carbons (Fsp3) is 0.588. The molecule has 0 aromatic heterocycles. The minimum atomic E-state index is 0.0174. The van der Waals surface area contributed by atoms with Crippen LogP contribution in [0.2, 0.25) is 0 Å². The van der Waals surface area contributed by atoms with Crippen LogP contribution < -0.4 is 0 Å². The molecule has 0 saturated carbocycles. The third-order valence-corrected chi connectivity index (χ3v) is 4.71. The molecule has 1 aromatic rings. The van der Waals surface area contributed by atoms with E-state index in [1.54, 1.807) is 0 Å². The number of carbonyl (C=O) groups is 1. The van der Waals surface area contributed by atoms with Crippen LogP contribution in [0.25, 0.3) is 0 Å². The fourth-order valence-electron chi connectivity index (χ4n) is 3.78. The molecule has 108 valence electrons. The molecule has 2 saturated heterocycles. The van der Waals surface area contributed by atoms with E-state index in [2.05, 4.69) is 35.2 Å². The highest BCUT2D eigenvalue weighted by atomic mass is 16.5. The molecule has 2 heterocycles. The van der Waals surface area contributed by atoms with Crippen LogP contribution in [0, 0.1) is 5.92 Å². The van der Waals surface area contributed by atoms with Gasteiger partial charge in [-0.05, 0) is 38.2 Å². The van der Waals surface area contributed by atoms with E-state index in [9.17, 15) is 4.79 Å². The number of hydrogen-bond acceptors (Lipinski definition) is 3. The van der Waals surface area contributed by atoms with Gasteiger partial charge < -0.3 is 4.74 Å². The molecule has 2 bridgehead atoms. The van der Waals surface area contributed by atoms with E-state index in [0.717, 1.165) is 19.4 Å². The predicted octanol–water partition coefficient (Wildman–Crippen LogP) is 2.99. The fourth-order valence-corrected chi connectivity index (χ4v) is 3.78. The van der Waals surface area contributed by atoms with Crippen LogP contribution in [-0.2, 0) is 16.1 Å². The average Bonchev–Trinajstić information content (AvgIpc) is 2.71. The Kier molecular flexibility index (Phi) is 4.06. The number of esters is 1. The summed E-state index contributed by atoms with van der Waals surface area (Å²) in [5, 5.41) is 0. The van der Waals surface area contributed by atoms with Crippen LogP contribution in [0.15, 0.2) is 30.3 Å². The first kappa shape index (κ1) is 13.6. The number of benzene rings is 1. The molecule has 0 N–H and O–H groups in total. The third kappa shape index (κ3) is 2.73. The third-order valence-electron chi connectivity index (χ3n) is 4.71. The topological polar surface area (TPSA) is 29.5 Å². The molecule has 1 unspecified atom stereocenters. The van der Waals surface area contributed by atoms with Gasteiger partial charge in [-0.3, -0.25) is 9.69 Å². The minimum Gasteiger partial charge on any atom is -0.466 e. The van der Waals surface area contributed by atoms with Gasteiger partial charge in [-0.1, -0.05) is 30.3 Å². The summed E-state index contributed by atoms with van der Waals surface area (Å²) in [6.07, 6.45) is 4.41. The molecular weight excluding hydrogens is 250 g/mol. The monoisotopic (exact) mass is 273 g/mol. The Morgan fingerprint density at radius 1 is 1.20 bits per heavy atom. The van der Waals surface area contributed by atoms with Crippen LogP contribution in [-0.4, -0.2) is 29.6 Å². The van der Waals surface area contributed by atoms with Gasteiger partial charge in [-0.2, -0.15) is 0 Å². The lowest BCUT2D eigenvalue weighted by atomic mass is 9.90. The van der Waals surface area contributed by atoms with E-state index < -0.39 is 0 Å². The lowest BCUT2D eigenvalue weighted by Gasteiger charge is -2.38. The second kappa shape index (κ2) is 5.96. The summed E-state index contributed by atoms with van der Waals surface area (Å²) >= 11 is 0. The molecular formula is C17H23NO2. The largest absolute Gasteiger partial charge is 0.466 e. The van der Waals surface area contributed by atoms with E-state index in [0.29, 0.717) is 18.7 Å². The summed E-state index contributed by atoms with van der Waals surface area (Å²) in [5.74, 6) is 0.142. The van der Waals surface area contributed by atoms with Crippen LogP contribution in [0.3, 0.4) is 0 Å². The summed E-state index contributed by atoms with van der Waals surface area (Å²) in [7, 11) is 0. The van der Waals surface area contributed by atoms with Crippen LogP contribution in [0.4, 0.5) is 0 Å². The van der Waals surface area contributed by atoms with E-state index in [4.69, 9.17) is 4.74 Å². The van der Waals surface area contributed by atoms with Crippen LogP contribution in [0.1, 0.15) is 38.2 Å². The molecule has 0 spiro atoms. The second-order valence-electron chi connectivity index (χ2n) is 5.96. The van der Waals surface area contributed by atoms with Gasteiger partial charge >= 0.3 is 5.97 Å². The Hall–Kier alpha value is -1.35. The van der Waals surface area contributed by atoms with Crippen LogP contribution in [0.5, 0.6) is 0 Å². The predicted molar refractivity (Wildman–Crippen MR) is 78.2 cm³/mol. The first-order valence-corrected chi connectivity index (χ1v) is 7.74. The quantitative estimate of drug-likeness (QED) is 0.790. The zero-order valence-corrected chi connectivity index (χ0v) is 12.1. The highest BCUT2D eigenvalue weighted by molar-refractivity contribution is 5.72. The molecule has 3 atom stereocenters. The number of carbonyl (C=O) groups excluding carboxylic acids is 1. The zero-order valence-electron chi connectivity index (χ0n) is 12.1.